The third kappa shape index (κ3) is 5.99. The fourth-order valence-electron chi connectivity index (χ4n) is 6.40. The highest BCUT2D eigenvalue weighted by molar-refractivity contribution is 7.99. The normalized spacial score (nSPS) is 24.0. The standard InChI is InChI=1S/C32H41N7O3S/c40-29(25-8-9-25)35-28-18-26-10-17-43-21-27(26)32(28,30(41)33-19-23-6-7-23)39-22-34-36-31(39)38(20-24-4-2-1-3-5-24)12-11-37-13-15-42-16-14-37/h1-5,18,22-23,25H,6-17,19-21H2,(H,33,41)(H,35,40). The van der Waals surface area contributed by atoms with Gasteiger partial charge in [-0.3, -0.25) is 19.1 Å². The Morgan fingerprint density at radius 3 is 2.70 bits per heavy atom. The number of ether oxygens (including phenoxy) is 1. The summed E-state index contributed by atoms with van der Waals surface area (Å²) >= 11 is 1.84. The van der Waals surface area contributed by atoms with Crippen molar-refractivity contribution >= 4 is 29.5 Å². The largest absolute Gasteiger partial charge is 0.379 e. The molecule has 1 atom stereocenters. The number of allylic oxidation sites excluding steroid dienone is 2. The molecular formula is C32H41N7O3S. The van der Waals surface area contributed by atoms with Crippen molar-refractivity contribution in [2.75, 3.05) is 62.3 Å². The summed E-state index contributed by atoms with van der Waals surface area (Å²) in [4.78, 5) is 32.6. The zero-order chi connectivity index (χ0) is 29.2. The topological polar surface area (TPSA) is 105 Å². The van der Waals surface area contributed by atoms with Crippen LogP contribution in [0.25, 0.3) is 0 Å². The Morgan fingerprint density at radius 1 is 1.12 bits per heavy atom. The van der Waals surface area contributed by atoms with E-state index >= 15 is 0 Å². The van der Waals surface area contributed by atoms with E-state index in [1.54, 1.807) is 6.33 Å². The molecule has 2 aliphatic heterocycles. The number of rotatable bonds is 12. The molecule has 0 spiro atoms. The molecule has 1 aromatic heterocycles. The molecule has 3 heterocycles. The van der Waals surface area contributed by atoms with Crippen molar-refractivity contribution in [3.8, 4) is 0 Å². The van der Waals surface area contributed by atoms with Crippen molar-refractivity contribution in [2.24, 2.45) is 11.8 Å². The third-order valence-corrected chi connectivity index (χ3v) is 10.2. The molecule has 2 saturated carbocycles. The molecule has 2 amide bonds. The number of anilines is 1. The minimum atomic E-state index is -1.24. The Bertz CT molecular complexity index is 1390. The van der Waals surface area contributed by atoms with Crippen LogP contribution in [0.2, 0.25) is 0 Å². The number of morpholine rings is 1. The molecule has 10 nitrogen and oxygen atoms in total. The number of hydrogen-bond acceptors (Lipinski definition) is 8. The van der Waals surface area contributed by atoms with Crippen LogP contribution in [0.5, 0.6) is 0 Å². The van der Waals surface area contributed by atoms with Gasteiger partial charge in [0.15, 0.2) is 5.54 Å². The second kappa shape index (κ2) is 12.5. The summed E-state index contributed by atoms with van der Waals surface area (Å²) in [6.45, 7) is 6.08. The number of nitrogens with one attached hydrogen (secondary N) is 2. The second-order valence-corrected chi connectivity index (χ2v) is 13.5. The van der Waals surface area contributed by atoms with Gasteiger partial charge in [0.25, 0.3) is 5.91 Å². The molecule has 2 N–H and O–H groups in total. The minimum Gasteiger partial charge on any atom is -0.379 e. The number of nitrogens with zero attached hydrogens (tertiary/aromatic N) is 5. The van der Waals surface area contributed by atoms with Crippen molar-refractivity contribution in [2.45, 2.75) is 44.2 Å². The fraction of sp³-hybridized carbons (Fsp3) is 0.562. The molecule has 5 aliphatic rings. The third-order valence-electron chi connectivity index (χ3n) is 9.26. The van der Waals surface area contributed by atoms with Crippen LogP contribution in [0.1, 0.15) is 37.7 Å². The number of thioether (sulfide) groups is 1. The molecular weight excluding hydrogens is 562 g/mol. The van der Waals surface area contributed by atoms with Gasteiger partial charge in [0.05, 0.1) is 18.9 Å². The van der Waals surface area contributed by atoms with E-state index in [9.17, 15) is 9.59 Å². The van der Waals surface area contributed by atoms with E-state index in [4.69, 9.17) is 9.84 Å². The molecule has 228 valence electrons. The zero-order valence-corrected chi connectivity index (χ0v) is 25.5. The summed E-state index contributed by atoms with van der Waals surface area (Å²) < 4.78 is 7.55. The molecule has 1 unspecified atom stereocenters. The van der Waals surface area contributed by atoms with Crippen LogP contribution >= 0.6 is 11.8 Å². The minimum absolute atomic E-state index is 0.00111. The molecule has 3 fully saturated rings. The fourth-order valence-corrected chi connectivity index (χ4v) is 7.50. The number of aromatic nitrogens is 3. The van der Waals surface area contributed by atoms with Gasteiger partial charge in [0, 0.05) is 50.9 Å². The van der Waals surface area contributed by atoms with Gasteiger partial charge in [0.1, 0.15) is 6.33 Å². The van der Waals surface area contributed by atoms with Crippen LogP contribution in [0.4, 0.5) is 5.95 Å². The molecule has 11 heteroatoms. The first-order valence-electron chi connectivity index (χ1n) is 15.7. The quantitative estimate of drug-likeness (QED) is 0.382. The van der Waals surface area contributed by atoms with Gasteiger partial charge in [-0.2, -0.15) is 11.8 Å². The highest BCUT2D eigenvalue weighted by atomic mass is 32.2. The van der Waals surface area contributed by atoms with Crippen LogP contribution in [-0.4, -0.2) is 88.9 Å². The van der Waals surface area contributed by atoms with Gasteiger partial charge in [-0.15, -0.1) is 10.2 Å². The van der Waals surface area contributed by atoms with E-state index in [-0.39, 0.29) is 17.7 Å². The molecule has 7 rings (SSSR count). The Morgan fingerprint density at radius 2 is 1.93 bits per heavy atom. The van der Waals surface area contributed by atoms with Crippen molar-refractivity contribution in [3.05, 3.63) is 65.1 Å². The lowest BCUT2D eigenvalue weighted by Crippen LogP contribution is -2.55. The van der Waals surface area contributed by atoms with Gasteiger partial charge in [-0.1, -0.05) is 30.3 Å². The first kappa shape index (κ1) is 28.6. The number of carbonyl (C=O) groups excluding carboxylic acids is 2. The van der Waals surface area contributed by atoms with Crippen molar-refractivity contribution in [1.82, 2.24) is 30.3 Å². The van der Waals surface area contributed by atoms with Gasteiger partial charge < -0.3 is 20.3 Å². The summed E-state index contributed by atoms with van der Waals surface area (Å²) in [5.74, 6) is 2.78. The average Bonchev–Trinajstić information content (AvgIpc) is 3.98. The summed E-state index contributed by atoms with van der Waals surface area (Å²) in [6.07, 6.45) is 8.71. The summed E-state index contributed by atoms with van der Waals surface area (Å²) in [5, 5.41) is 15.7. The van der Waals surface area contributed by atoms with Crippen LogP contribution in [0, 0.1) is 11.8 Å². The number of amides is 2. The predicted molar refractivity (Wildman–Crippen MR) is 166 cm³/mol. The highest BCUT2D eigenvalue weighted by Gasteiger charge is 2.54. The maximum atomic E-state index is 14.7. The molecule has 43 heavy (non-hydrogen) atoms. The first-order valence-corrected chi connectivity index (χ1v) is 16.9. The number of hydrogen-bond donors (Lipinski definition) is 2. The second-order valence-electron chi connectivity index (χ2n) is 12.4. The SMILES string of the molecule is O=C(NC1=CC2=C(CSCC2)C1(C(=O)NCC1CC1)n1cnnc1N(CCN1CCOCC1)Cc1ccccc1)C1CC1. The molecule has 1 saturated heterocycles. The molecule has 3 aliphatic carbocycles. The molecule has 2 aromatic rings. The summed E-state index contributed by atoms with van der Waals surface area (Å²) in [7, 11) is 0. The van der Waals surface area contributed by atoms with Gasteiger partial charge in [0.2, 0.25) is 11.9 Å². The Hall–Kier alpha value is -3.15. The lowest BCUT2D eigenvalue weighted by atomic mass is 9.87. The summed E-state index contributed by atoms with van der Waals surface area (Å²) in [5.41, 5.74) is 2.74. The Balaban J connectivity index is 1.30. The van der Waals surface area contributed by atoms with Crippen LogP contribution in [0.3, 0.4) is 0 Å². The average molecular weight is 604 g/mol. The van der Waals surface area contributed by atoms with Crippen molar-refractivity contribution in [1.29, 1.82) is 0 Å². The lowest BCUT2D eigenvalue weighted by Gasteiger charge is -2.39. The number of benzene rings is 1. The van der Waals surface area contributed by atoms with E-state index in [1.165, 1.54) is 0 Å². The van der Waals surface area contributed by atoms with E-state index < -0.39 is 5.54 Å². The van der Waals surface area contributed by atoms with Crippen molar-refractivity contribution in [3.63, 3.8) is 0 Å². The van der Waals surface area contributed by atoms with E-state index in [2.05, 4.69) is 55.9 Å². The molecule has 0 bridgehead atoms. The van der Waals surface area contributed by atoms with Gasteiger partial charge >= 0.3 is 0 Å². The van der Waals surface area contributed by atoms with Gasteiger partial charge in [-0.25, -0.2) is 0 Å². The van der Waals surface area contributed by atoms with E-state index in [1.807, 2.05) is 22.4 Å². The number of carbonyl (C=O) groups is 2. The van der Waals surface area contributed by atoms with Crippen molar-refractivity contribution < 1.29 is 14.3 Å². The smallest absolute Gasteiger partial charge is 0.257 e. The molecule has 1 aromatic carbocycles. The zero-order valence-electron chi connectivity index (χ0n) is 24.7. The Labute approximate surface area is 257 Å². The van der Waals surface area contributed by atoms with Crippen LogP contribution in [-0.2, 0) is 26.4 Å². The van der Waals surface area contributed by atoms with E-state index in [0.29, 0.717) is 37.2 Å². The van der Waals surface area contributed by atoms with Crippen LogP contribution < -0.4 is 15.5 Å². The predicted octanol–water partition coefficient (Wildman–Crippen LogP) is 2.70. The first-order chi connectivity index (χ1) is 21.1. The molecule has 0 radical (unpaired) electrons. The summed E-state index contributed by atoms with van der Waals surface area (Å²) in [6, 6.07) is 10.4. The van der Waals surface area contributed by atoms with Gasteiger partial charge in [-0.05, 0) is 66.6 Å². The van der Waals surface area contributed by atoms with E-state index in [0.717, 1.165) is 93.2 Å². The maximum Gasteiger partial charge on any atom is 0.257 e. The highest BCUT2D eigenvalue weighted by Crippen LogP contribution is 2.48. The monoisotopic (exact) mass is 603 g/mol. The van der Waals surface area contributed by atoms with Crippen LogP contribution in [0.15, 0.2) is 59.6 Å². The lowest BCUT2D eigenvalue weighted by molar-refractivity contribution is -0.127. The Kier molecular flexibility index (Phi) is 8.29. The maximum absolute atomic E-state index is 14.7.